The third-order valence-electron chi connectivity index (χ3n) is 4.44. The Bertz CT molecular complexity index is 418. The van der Waals surface area contributed by atoms with E-state index in [4.69, 9.17) is 5.11 Å². The minimum absolute atomic E-state index is 0.137. The van der Waals surface area contributed by atoms with E-state index in [1.54, 1.807) is 0 Å². The molecule has 2 N–H and O–H groups in total. The van der Waals surface area contributed by atoms with Gasteiger partial charge in [0.1, 0.15) is 0 Å². The second kappa shape index (κ2) is 8.67. The van der Waals surface area contributed by atoms with Crippen LogP contribution in [0.1, 0.15) is 39.2 Å². The Morgan fingerprint density at radius 1 is 1.19 bits per heavy atom. The first-order valence-corrected chi connectivity index (χ1v) is 7.82. The van der Waals surface area contributed by atoms with Crippen LogP contribution in [0.3, 0.4) is 0 Å². The molecule has 0 spiro atoms. The Kier molecular flexibility index (Phi) is 7.23. The fourth-order valence-electron chi connectivity index (χ4n) is 2.79. The van der Waals surface area contributed by atoms with Crippen molar-refractivity contribution in [3.05, 3.63) is 35.9 Å². The van der Waals surface area contributed by atoms with Crippen molar-refractivity contribution >= 4 is 6.09 Å². The van der Waals surface area contributed by atoms with Gasteiger partial charge in [-0.2, -0.15) is 0 Å². The lowest BCUT2D eigenvalue weighted by Crippen LogP contribution is -2.42. The van der Waals surface area contributed by atoms with Crippen molar-refractivity contribution in [1.29, 1.82) is 0 Å². The predicted molar refractivity (Wildman–Crippen MR) is 86.8 cm³/mol. The number of carbonyl (C=O) groups is 1. The maximum atomic E-state index is 10.9. The average molecular weight is 292 g/mol. The largest absolute Gasteiger partial charge is 0.465 e. The van der Waals surface area contributed by atoms with Gasteiger partial charge in [-0.05, 0) is 38.0 Å². The molecule has 1 amide bonds. The summed E-state index contributed by atoms with van der Waals surface area (Å²) in [7, 11) is 0. The number of hydrogen-bond donors (Lipinski definition) is 2. The highest BCUT2D eigenvalue weighted by Gasteiger charge is 2.31. The van der Waals surface area contributed by atoms with E-state index in [1.807, 2.05) is 18.2 Å². The van der Waals surface area contributed by atoms with Crippen LogP contribution in [0.4, 0.5) is 4.79 Å². The molecule has 1 unspecified atom stereocenters. The van der Waals surface area contributed by atoms with Crippen molar-refractivity contribution < 1.29 is 9.90 Å². The molecule has 1 aromatic rings. The highest BCUT2D eigenvalue weighted by atomic mass is 16.4. The average Bonchev–Trinajstić information content (AvgIpc) is 2.52. The normalized spacial score (nSPS) is 13.9. The molecule has 21 heavy (non-hydrogen) atoms. The summed E-state index contributed by atoms with van der Waals surface area (Å²) in [5.74, 6) is 0. The summed E-state index contributed by atoms with van der Waals surface area (Å²) in [6, 6.07) is 10.3. The highest BCUT2D eigenvalue weighted by Crippen LogP contribution is 2.31. The van der Waals surface area contributed by atoms with E-state index in [9.17, 15) is 4.79 Å². The lowest BCUT2D eigenvalue weighted by molar-refractivity contribution is 0.186. The van der Waals surface area contributed by atoms with Gasteiger partial charge in [-0.15, -0.1) is 0 Å². The number of rotatable bonds is 9. The molecule has 0 heterocycles. The van der Waals surface area contributed by atoms with Crippen LogP contribution in [0.15, 0.2) is 30.3 Å². The molecule has 4 nitrogen and oxygen atoms in total. The fourth-order valence-corrected chi connectivity index (χ4v) is 2.79. The van der Waals surface area contributed by atoms with E-state index < -0.39 is 6.09 Å². The molecule has 1 aromatic carbocycles. The van der Waals surface area contributed by atoms with Crippen LogP contribution in [0, 0.1) is 0 Å². The second-order valence-corrected chi connectivity index (χ2v) is 5.44. The quantitative estimate of drug-likeness (QED) is 0.734. The summed E-state index contributed by atoms with van der Waals surface area (Å²) in [6.07, 6.45) is 0.917. The molecule has 118 valence electrons. The van der Waals surface area contributed by atoms with Crippen molar-refractivity contribution in [3.8, 4) is 0 Å². The zero-order chi connectivity index (χ0) is 15.7. The first-order valence-electron chi connectivity index (χ1n) is 7.82. The molecular weight excluding hydrogens is 264 g/mol. The Morgan fingerprint density at radius 2 is 1.81 bits per heavy atom. The van der Waals surface area contributed by atoms with Gasteiger partial charge in [0.05, 0.1) is 0 Å². The van der Waals surface area contributed by atoms with E-state index >= 15 is 0 Å². The third-order valence-corrected chi connectivity index (χ3v) is 4.44. The van der Waals surface area contributed by atoms with Gasteiger partial charge in [0, 0.05) is 12.0 Å². The number of nitrogens with one attached hydrogen (secondary N) is 1. The Labute approximate surface area is 128 Å². The van der Waals surface area contributed by atoms with Crippen molar-refractivity contribution in [1.82, 2.24) is 10.2 Å². The molecule has 4 heteroatoms. The zero-order valence-electron chi connectivity index (χ0n) is 13.4. The maximum absolute atomic E-state index is 10.9. The Balaban J connectivity index is 2.93. The molecule has 0 saturated heterocycles. The molecule has 0 aliphatic heterocycles. The molecule has 0 saturated carbocycles. The highest BCUT2D eigenvalue weighted by molar-refractivity contribution is 5.64. The van der Waals surface area contributed by atoms with Gasteiger partial charge in [0.25, 0.3) is 0 Å². The summed E-state index contributed by atoms with van der Waals surface area (Å²) in [5.41, 5.74) is 1.08. The van der Waals surface area contributed by atoms with Crippen LogP contribution < -0.4 is 5.32 Å². The van der Waals surface area contributed by atoms with Gasteiger partial charge in [-0.25, -0.2) is 4.79 Å². The Morgan fingerprint density at radius 3 is 2.29 bits per heavy atom. The lowest BCUT2D eigenvalue weighted by Gasteiger charge is -2.35. The second-order valence-electron chi connectivity index (χ2n) is 5.44. The minimum atomic E-state index is -0.952. The first kappa shape index (κ1) is 17.5. The molecule has 0 radical (unpaired) electrons. The van der Waals surface area contributed by atoms with Crippen LogP contribution in [0.5, 0.6) is 0 Å². The number of nitrogens with zero attached hydrogens (tertiary/aromatic N) is 1. The fraction of sp³-hybridized carbons (Fsp3) is 0.588. The molecule has 1 atom stereocenters. The van der Waals surface area contributed by atoms with Crippen molar-refractivity contribution in [2.75, 3.05) is 26.2 Å². The standard InChI is InChI=1S/C17H28N2O2/c1-4-17(14-18-16(20)21,12-13-19(5-2)6-3)15-10-8-7-9-11-15/h7-11,18H,4-6,12-14H2,1-3H3,(H,20,21). The SMILES string of the molecule is CCN(CC)CCC(CC)(CNC(=O)O)c1ccccc1. The summed E-state index contributed by atoms with van der Waals surface area (Å²) in [6.45, 7) is 9.96. The van der Waals surface area contributed by atoms with E-state index in [-0.39, 0.29) is 5.41 Å². The topological polar surface area (TPSA) is 52.6 Å². The Hall–Kier alpha value is -1.55. The van der Waals surface area contributed by atoms with Gasteiger partial charge in [0.15, 0.2) is 0 Å². The molecule has 1 rings (SSSR count). The van der Waals surface area contributed by atoms with Crippen molar-refractivity contribution in [3.63, 3.8) is 0 Å². The first-order chi connectivity index (χ1) is 10.1. The van der Waals surface area contributed by atoms with E-state index in [0.29, 0.717) is 6.54 Å². The van der Waals surface area contributed by atoms with Crippen molar-refractivity contribution in [2.45, 2.75) is 39.0 Å². The number of amides is 1. The van der Waals surface area contributed by atoms with Crippen LogP contribution >= 0.6 is 0 Å². The summed E-state index contributed by atoms with van der Waals surface area (Å²) < 4.78 is 0. The third kappa shape index (κ3) is 5.05. The molecule has 0 aromatic heterocycles. The predicted octanol–water partition coefficient (Wildman–Crippen LogP) is 3.33. The molecule has 0 aliphatic rings. The van der Waals surface area contributed by atoms with Crippen LogP contribution in [-0.2, 0) is 5.41 Å². The smallest absolute Gasteiger partial charge is 0.404 e. The van der Waals surface area contributed by atoms with Gasteiger partial charge in [0.2, 0.25) is 0 Å². The van der Waals surface area contributed by atoms with E-state index in [1.165, 1.54) is 5.56 Å². The lowest BCUT2D eigenvalue weighted by atomic mass is 9.75. The molecular formula is C17H28N2O2. The van der Waals surface area contributed by atoms with Crippen molar-refractivity contribution in [2.24, 2.45) is 0 Å². The number of carboxylic acid groups (broad SMARTS) is 1. The zero-order valence-corrected chi connectivity index (χ0v) is 13.4. The minimum Gasteiger partial charge on any atom is -0.465 e. The van der Waals surface area contributed by atoms with E-state index in [2.05, 4.69) is 43.1 Å². The van der Waals surface area contributed by atoms with Crippen LogP contribution in [0.2, 0.25) is 0 Å². The summed E-state index contributed by atoms with van der Waals surface area (Å²) in [5, 5.41) is 11.6. The molecule has 0 fully saturated rings. The van der Waals surface area contributed by atoms with Gasteiger partial charge < -0.3 is 15.3 Å². The number of hydrogen-bond acceptors (Lipinski definition) is 2. The van der Waals surface area contributed by atoms with Gasteiger partial charge >= 0.3 is 6.09 Å². The summed E-state index contributed by atoms with van der Waals surface area (Å²) in [4.78, 5) is 13.3. The molecule has 0 bridgehead atoms. The van der Waals surface area contributed by atoms with Gasteiger partial charge in [-0.3, -0.25) is 0 Å². The maximum Gasteiger partial charge on any atom is 0.404 e. The molecule has 0 aliphatic carbocycles. The van der Waals surface area contributed by atoms with Crippen LogP contribution in [-0.4, -0.2) is 42.3 Å². The summed E-state index contributed by atoms with van der Waals surface area (Å²) >= 11 is 0. The van der Waals surface area contributed by atoms with E-state index in [0.717, 1.165) is 32.5 Å². The monoisotopic (exact) mass is 292 g/mol. The van der Waals surface area contributed by atoms with Gasteiger partial charge in [-0.1, -0.05) is 51.1 Å². The van der Waals surface area contributed by atoms with Crippen LogP contribution in [0.25, 0.3) is 0 Å². The number of benzene rings is 1.